The fourth-order valence-corrected chi connectivity index (χ4v) is 5.56. The molecule has 1 aromatic carbocycles. The lowest BCUT2D eigenvalue weighted by Gasteiger charge is -2.21. The number of rotatable bonds is 4. The van der Waals surface area contributed by atoms with Crippen LogP contribution in [0.2, 0.25) is 0 Å². The summed E-state index contributed by atoms with van der Waals surface area (Å²) in [6.45, 7) is 4.43. The summed E-state index contributed by atoms with van der Waals surface area (Å²) in [4.78, 5) is 32.2. The van der Waals surface area contributed by atoms with Crippen LogP contribution in [-0.2, 0) is 6.54 Å². The van der Waals surface area contributed by atoms with Crippen LogP contribution in [0.15, 0.2) is 70.0 Å². The average Bonchev–Trinajstić information content (AvgIpc) is 3.32. The van der Waals surface area contributed by atoms with Gasteiger partial charge >= 0.3 is 0 Å². The summed E-state index contributed by atoms with van der Waals surface area (Å²) < 4.78 is 3.49. The third-order valence-electron chi connectivity index (χ3n) is 7.53. The quantitative estimate of drug-likeness (QED) is 0.520. The zero-order chi connectivity index (χ0) is 27.6. The summed E-state index contributed by atoms with van der Waals surface area (Å²) in [7, 11) is 0. The van der Waals surface area contributed by atoms with Gasteiger partial charge in [-0.1, -0.05) is 54.3 Å². The summed E-state index contributed by atoms with van der Waals surface area (Å²) in [5, 5.41) is 9.14. The van der Waals surface area contributed by atoms with Gasteiger partial charge in [-0.15, -0.1) is 0 Å². The molecule has 0 saturated heterocycles. The predicted molar refractivity (Wildman–Crippen MR) is 158 cm³/mol. The number of benzene rings is 1. The Kier molecular flexibility index (Phi) is 6.91. The second-order valence-corrected chi connectivity index (χ2v) is 10.3. The molecule has 1 N–H and O–H groups in total. The fourth-order valence-electron chi connectivity index (χ4n) is 5.56. The van der Waals surface area contributed by atoms with Gasteiger partial charge in [0, 0.05) is 41.7 Å². The lowest BCUT2D eigenvalue weighted by molar-refractivity contribution is 0.0938. The third-order valence-corrected chi connectivity index (χ3v) is 7.53. The third kappa shape index (κ3) is 4.77. The molecule has 7 heteroatoms. The number of aryl methyl sites for hydroxylation is 2. The first-order valence-corrected chi connectivity index (χ1v) is 13.8. The number of hydrogen-bond acceptors (Lipinski definition) is 4. The molecule has 0 fully saturated rings. The molecule has 1 unspecified atom stereocenters. The molecule has 1 atom stereocenters. The van der Waals surface area contributed by atoms with Gasteiger partial charge in [0.25, 0.3) is 11.5 Å². The van der Waals surface area contributed by atoms with Crippen molar-refractivity contribution in [3.8, 4) is 17.5 Å². The highest BCUT2D eigenvalue weighted by Gasteiger charge is 2.25. The predicted octanol–water partition coefficient (Wildman–Crippen LogP) is 3.94. The zero-order valence-electron chi connectivity index (χ0n) is 22.8. The van der Waals surface area contributed by atoms with Crippen LogP contribution in [0.1, 0.15) is 66.8 Å². The lowest BCUT2D eigenvalue weighted by atomic mass is 9.98. The van der Waals surface area contributed by atoms with E-state index in [4.69, 9.17) is 0 Å². The first kappa shape index (κ1) is 25.6. The number of para-hydroxylation sites is 1. The van der Waals surface area contributed by atoms with Gasteiger partial charge in [-0.3, -0.25) is 14.2 Å². The number of nitrogens with one attached hydrogen (secondary N) is 1. The Bertz CT molecular complexity index is 1840. The smallest absolute Gasteiger partial charge is 0.264 e. The molecule has 0 bridgehead atoms. The van der Waals surface area contributed by atoms with Crippen LogP contribution in [0.5, 0.6) is 0 Å². The van der Waals surface area contributed by atoms with Crippen molar-refractivity contribution in [3.05, 3.63) is 97.9 Å². The first-order valence-electron chi connectivity index (χ1n) is 13.8. The fraction of sp³-hybridized carbons (Fsp3) is 0.273. The van der Waals surface area contributed by atoms with Crippen molar-refractivity contribution in [1.29, 1.82) is 0 Å². The van der Waals surface area contributed by atoms with Crippen LogP contribution < -0.4 is 21.3 Å². The molecule has 3 heterocycles. The van der Waals surface area contributed by atoms with Crippen molar-refractivity contribution in [2.75, 3.05) is 0 Å². The molecule has 1 aliphatic heterocycles. The average molecular weight is 530 g/mol. The first-order chi connectivity index (χ1) is 19.5. The molecule has 3 aliphatic rings. The van der Waals surface area contributed by atoms with Crippen molar-refractivity contribution in [1.82, 2.24) is 19.7 Å². The number of nitrogens with zero attached hydrogens (tertiary/aromatic N) is 4. The molecule has 0 radical (unpaired) electrons. The van der Waals surface area contributed by atoms with Crippen molar-refractivity contribution >= 4 is 29.6 Å². The summed E-state index contributed by atoms with van der Waals surface area (Å²) >= 11 is 0. The van der Waals surface area contributed by atoms with Gasteiger partial charge in [0.1, 0.15) is 5.56 Å². The Balaban J connectivity index is 1.46. The van der Waals surface area contributed by atoms with Crippen molar-refractivity contribution < 1.29 is 4.79 Å². The SMILES string of the molecule is Cc1nn2c(c1C(=O)NC(C)c1cc3c(c(=O)n1-c1ccccc1)=C(C#CC1=CC=CCC1)CCC=3)N=CCC2. The van der Waals surface area contributed by atoms with E-state index in [-0.39, 0.29) is 11.5 Å². The Labute approximate surface area is 233 Å². The van der Waals surface area contributed by atoms with Gasteiger partial charge < -0.3 is 5.32 Å². The number of hydrogen-bond donors (Lipinski definition) is 1. The Morgan fingerprint density at radius 1 is 1.10 bits per heavy atom. The Morgan fingerprint density at radius 2 is 1.95 bits per heavy atom. The van der Waals surface area contributed by atoms with Gasteiger partial charge in [0.2, 0.25) is 0 Å². The highest BCUT2D eigenvalue weighted by molar-refractivity contribution is 6.00. The van der Waals surface area contributed by atoms with Crippen LogP contribution in [0, 0.1) is 18.8 Å². The Morgan fingerprint density at radius 3 is 2.75 bits per heavy atom. The molecular weight excluding hydrogens is 498 g/mol. The van der Waals surface area contributed by atoms with E-state index in [2.05, 4.69) is 39.4 Å². The maximum atomic E-state index is 14.2. The molecule has 2 aliphatic carbocycles. The highest BCUT2D eigenvalue weighted by Crippen LogP contribution is 2.26. The molecule has 1 amide bonds. The summed E-state index contributed by atoms with van der Waals surface area (Å²) in [5.41, 5.74) is 4.39. The normalized spacial score (nSPS) is 16.1. The van der Waals surface area contributed by atoms with Gasteiger partial charge in [0.05, 0.1) is 17.0 Å². The van der Waals surface area contributed by atoms with Gasteiger partial charge in [-0.05, 0) is 62.9 Å². The molecule has 3 aromatic rings. The van der Waals surface area contributed by atoms with E-state index in [1.165, 1.54) is 0 Å². The Hall–Kier alpha value is -4.70. The summed E-state index contributed by atoms with van der Waals surface area (Å²) in [6.07, 6.45) is 14.4. The maximum absolute atomic E-state index is 14.2. The van der Waals surface area contributed by atoms with Crippen molar-refractivity contribution in [2.24, 2.45) is 4.99 Å². The zero-order valence-corrected chi connectivity index (χ0v) is 22.8. The van der Waals surface area contributed by atoms with Crippen LogP contribution >= 0.6 is 0 Å². The van der Waals surface area contributed by atoms with Crippen LogP contribution in [0.25, 0.3) is 17.3 Å². The minimum Gasteiger partial charge on any atom is -0.344 e. The number of pyridine rings is 1. The van der Waals surface area contributed by atoms with Crippen molar-refractivity contribution in [3.63, 3.8) is 0 Å². The molecular formula is C33H31N5O2. The topological polar surface area (TPSA) is 81.3 Å². The molecule has 0 saturated carbocycles. The van der Waals surface area contributed by atoms with Gasteiger partial charge in [-0.2, -0.15) is 5.10 Å². The monoisotopic (exact) mass is 529 g/mol. The number of carbonyl (C=O) groups excluding carboxylic acids is 1. The van der Waals surface area contributed by atoms with Crippen LogP contribution in [-0.4, -0.2) is 26.5 Å². The van der Waals surface area contributed by atoms with E-state index in [1.807, 2.05) is 68.6 Å². The second-order valence-electron chi connectivity index (χ2n) is 10.3. The number of aromatic nitrogens is 3. The number of allylic oxidation sites excluding steroid dienone is 4. The molecule has 2 aromatic heterocycles. The van der Waals surface area contributed by atoms with Gasteiger partial charge in [0.15, 0.2) is 5.82 Å². The molecule has 0 spiro atoms. The van der Waals surface area contributed by atoms with E-state index in [9.17, 15) is 9.59 Å². The van der Waals surface area contributed by atoms with E-state index in [0.29, 0.717) is 34.5 Å². The summed E-state index contributed by atoms with van der Waals surface area (Å²) in [6, 6.07) is 11.1. The minimum atomic E-state index is -0.461. The minimum absolute atomic E-state index is 0.124. The largest absolute Gasteiger partial charge is 0.344 e. The number of amides is 1. The number of aliphatic imine (C=N–C) groups is 1. The maximum Gasteiger partial charge on any atom is 0.264 e. The molecule has 40 heavy (non-hydrogen) atoms. The highest BCUT2D eigenvalue weighted by atomic mass is 16.2. The lowest BCUT2D eigenvalue weighted by Crippen LogP contribution is -2.49. The second kappa shape index (κ2) is 10.8. The van der Waals surface area contributed by atoms with Gasteiger partial charge in [-0.25, -0.2) is 9.67 Å². The van der Waals surface area contributed by atoms with E-state index >= 15 is 0 Å². The van der Waals surface area contributed by atoms with Crippen molar-refractivity contribution in [2.45, 2.75) is 58.5 Å². The summed E-state index contributed by atoms with van der Waals surface area (Å²) in [5.74, 6) is 6.97. The number of carbonyl (C=O) groups is 1. The molecule has 200 valence electrons. The number of fused-ring (bicyclic) bond motifs is 2. The van der Waals surface area contributed by atoms with E-state index in [0.717, 1.165) is 54.2 Å². The van der Waals surface area contributed by atoms with E-state index < -0.39 is 6.04 Å². The molecule has 6 rings (SSSR count). The van der Waals surface area contributed by atoms with Crippen LogP contribution in [0.4, 0.5) is 5.82 Å². The standard InChI is InChI=1S/C33H31N5O2/c1-22(35-32(39)29-23(2)36-37-20-10-19-34-31(29)37)28-21-26-14-9-13-25(18-17-24-11-5-3-6-12-24)30(26)33(40)38(28)27-15-7-4-8-16-27/h3-5,7-8,11,14-16,19,21-22H,6,9-10,12-13,20H2,1-2H3,(H,35,39). The van der Waals surface area contributed by atoms with E-state index in [1.54, 1.807) is 9.25 Å². The molecule has 7 nitrogen and oxygen atoms in total. The van der Waals surface area contributed by atoms with Crippen LogP contribution in [0.3, 0.4) is 0 Å².